The summed E-state index contributed by atoms with van der Waals surface area (Å²) in [7, 11) is 0. The van der Waals surface area contributed by atoms with E-state index in [0.29, 0.717) is 132 Å². The summed E-state index contributed by atoms with van der Waals surface area (Å²) in [5, 5.41) is 108. The summed E-state index contributed by atoms with van der Waals surface area (Å²) in [6, 6.07) is 6.76. The van der Waals surface area contributed by atoms with Crippen molar-refractivity contribution in [3.05, 3.63) is 54.9 Å². The van der Waals surface area contributed by atoms with Crippen molar-refractivity contribution in [2.45, 2.75) is 236 Å². The molecule has 0 aliphatic carbocycles. The Morgan fingerprint density at radius 1 is 0.316 bits per heavy atom. The monoisotopic (exact) mass is 2000 g/mol. The van der Waals surface area contributed by atoms with Gasteiger partial charge < -0.3 is 115 Å². The van der Waals surface area contributed by atoms with E-state index in [-0.39, 0.29) is 17.7 Å². The smallest absolute Gasteiger partial charge is 0.204 e. The zero-order valence-corrected chi connectivity index (χ0v) is 85.7. The van der Waals surface area contributed by atoms with Crippen LogP contribution in [0.25, 0.3) is 55.8 Å². The first kappa shape index (κ1) is 107. The summed E-state index contributed by atoms with van der Waals surface area (Å²) < 4.78 is 38.6. The summed E-state index contributed by atoms with van der Waals surface area (Å²) in [6.07, 6.45) is 25.0. The van der Waals surface area contributed by atoms with Gasteiger partial charge in [0.25, 0.3) is 0 Å². The highest BCUT2D eigenvalue weighted by Gasteiger charge is 2.51. The Kier molecular flexibility index (Phi) is 36.4. The number of thioether (sulfide) groups is 3. The average molecular weight is 2000 g/mol. The topological polar surface area (TPSA) is 597 Å². The SMILES string of the molecule is C=P(C)(C)CC[C@H]1O[C@@H](n2c(N)nc3c(N)ccnc32)[C@H](O)[C@@H]1O.C=P(C)(C)CC[C@H]1O[C@@H](n2c(N)nc3c(N)nc(C)nc32)[C@H](O)[C@@H]1O.C=P(C)(C)CC[C@H]1O[C@@H](n2c(SCCC)nc3c(N)ccnc32)[C@H](O)[C@@H]1O.C=P(C)(C)CC[C@H]1O[C@@H](n2c(SCCCC)nc3c(N)ccnc32)[C@H](O)[C@@H]1O.C=P(C)(C)CC[C@H]1O[C@@H](n2c(SCCCCC)nc3c(N)ccnc32)[C@H](O)[C@@H]1O. The van der Waals surface area contributed by atoms with Gasteiger partial charge in [-0.25, -0.2) is 54.8 Å². The summed E-state index contributed by atoms with van der Waals surface area (Å²) in [5.74, 6) is 3.58. The standard InChI is InChI=1S/C20H33N4O3PS.C19H31N4O3PS.C18H29N4O3PS.C15H25N6O3P.C15H24N5O3P/c1-5-6-7-12-29-20-23-15-13(21)8-10-22-18(15)24(20)19-17(26)16(25)14(27-19)9-11-28(2,3)4;1-5-6-11-28-19-22-14-12(20)7-9-21-17(14)23(19)18-16(25)15(24)13(26-18)8-10-27(2,3)4;1-5-10-27-18-21-13-11(19)6-8-20-16(13)22(18)17-15(24)14(23)12(25-17)7-9-26(2,3)4;1-7-18-12(16)9-13(19-7)21(15(17)20-9)14-11(23)10(22)8(24-14)5-6-25(2,3)4;1-24(2,3)7-5-9-11(21)12(22)14(23-9)20-13-10(19-15(20)17)8(16)4-6-18-13/h8,10,14,16-17,19,25-26H,2,5-7,9,11-12H2,1,3-4H3,(H2,21,22);7,9,13,15-16,18,24-25H,2,5-6,8,10-11H2,1,3-4H3,(H2,20,21);6,8,12,14-15,17,23-24H,2,5,7,9-10H2,1,3-4H3,(H2,19,20);8,10-11,14,22-23H,2,5-6H2,1,3-4H3,(H2,17,20)(H2,16,18,19);4,6,9,11-12,14,21-22H,1,5,7H2,2-3H3,(H2,16,18)(H2,17,19)/t14-,16-,17-,19-;13-,15-,16-,18-;12-,14-,15-,17-;8-,10-,11-,14-;9-,11-,12-,14-/m11111/s1. The number of nitrogens with zero attached hydrogens (tertiary/aromatic N) is 16. The van der Waals surface area contributed by atoms with E-state index in [1.54, 1.807) is 105 Å². The second-order valence-electron chi connectivity index (χ2n) is 38.2. The van der Waals surface area contributed by atoms with Crippen LogP contribution in [0.4, 0.5) is 40.5 Å². The molecule has 20 atom stereocenters. The first-order valence-electron chi connectivity index (χ1n) is 44.8. The number of hydrogen-bond donors (Lipinski definition) is 17. The van der Waals surface area contributed by atoms with E-state index in [9.17, 15) is 51.1 Å². The molecule has 5 saturated heterocycles. The Morgan fingerprint density at radius 3 is 0.857 bits per heavy atom. The quantitative estimate of drug-likeness (QED) is 0.0107. The normalized spacial score (nSPS) is 26.3. The number of nitrogen functional groups attached to an aromatic ring is 7. The number of aliphatic hydroxyl groups excluding tert-OH is 10. The molecule has 10 aromatic rings. The van der Waals surface area contributed by atoms with E-state index < -0.39 is 157 Å². The molecule has 15 heterocycles. The maximum atomic E-state index is 10.8. The third-order valence-electron chi connectivity index (χ3n) is 23.3. The fraction of sp³-hybridized carbons (Fsp3) is 0.609. The van der Waals surface area contributed by atoms with Gasteiger partial charge >= 0.3 is 0 Å². The number of unbranched alkanes of at least 4 members (excludes halogenated alkanes) is 3. The lowest BCUT2D eigenvalue weighted by molar-refractivity contribution is -0.0400. The number of aryl methyl sites for hydroxylation is 1. The predicted molar refractivity (Wildman–Crippen MR) is 554 cm³/mol. The molecule has 0 amide bonds. The Bertz CT molecular complexity index is 5880. The van der Waals surface area contributed by atoms with Crippen molar-refractivity contribution in [1.29, 1.82) is 0 Å². The number of aromatic nitrogens is 16. The summed E-state index contributed by atoms with van der Waals surface area (Å²) in [6.45, 7) is 23.3. The predicted octanol–water partition coefficient (Wildman–Crippen LogP) is 8.20. The van der Waals surface area contributed by atoms with Crippen molar-refractivity contribution in [1.82, 2.24) is 77.7 Å². The van der Waals surface area contributed by atoms with Gasteiger partial charge in [-0.2, -0.15) is 0 Å². The lowest BCUT2D eigenvalue weighted by atomic mass is 10.1. The Labute approximate surface area is 791 Å². The third kappa shape index (κ3) is 26.2. The zero-order valence-electron chi connectivity index (χ0n) is 78.8. The fourth-order valence-electron chi connectivity index (χ4n) is 15.9. The van der Waals surface area contributed by atoms with E-state index in [4.69, 9.17) is 63.8 Å². The highest BCUT2D eigenvalue weighted by molar-refractivity contribution is 7.99. The van der Waals surface area contributed by atoms with E-state index in [2.05, 4.69) is 174 Å². The van der Waals surface area contributed by atoms with Crippen LogP contribution in [0, 0.1) is 6.92 Å². The van der Waals surface area contributed by atoms with Gasteiger partial charge in [-0.15, -0.1) is 65.9 Å². The number of fused-ring (bicyclic) bond motifs is 5. The number of hydrogen-bond acceptors (Lipinski definition) is 36. The molecular formula is C87H142N23O15P5S3. The van der Waals surface area contributed by atoms with Crippen LogP contribution in [0.15, 0.2) is 64.5 Å². The van der Waals surface area contributed by atoms with Crippen LogP contribution in [0.1, 0.15) is 128 Å². The number of ether oxygens (including phenoxy) is 5. The Hall–Kier alpha value is -6.42. The maximum Gasteiger partial charge on any atom is 0.204 e. The number of imidazole rings is 5. The van der Waals surface area contributed by atoms with Gasteiger partial charge in [0.1, 0.15) is 88.9 Å². The average Bonchev–Trinajstić information content (AvgIpc) is 1.62. The van der Waals surface area contributed by atoms with Crippen LogP contribution in [-0.2, 0) is 23.7 Å². The summed E-state index contributed by atoms with van der Waals surface area (Å²) in [4.78, 5) is 48.3. The van der Waals surface area contributed by atoms with Crippen molar-refractivity contribution in [3.8, 4) is 0 Å². The second kappa shape index (κ2) is 45.2. The molecule has 0 spiro atoms. The summed E-state index contributed by atoms with van der Waals surface area (Å²) >= 11 is 4.77. The van der Waals surface area contributed by atoms with Crippen LogP contribution in [0.3, 0.4) is 0 Å². The Balaban J connectivity index is 0.000000160. The number of nitrogens with two attached hydrogens (primary N) is 7. The van der Waals surface area contributed by atoms with Crippen molar-refractivity contribution >= 4 is 197 Å². The molecule has 24 N–H and O–H groups in total. The maximum absolute atomic E-state index is 10.8. The molecule has 738 valence electrons. The zero-order chi connectivity index (χ0) is 97.6. The first-order chi connectivity index (χ1) is 62.4. The fourth-order valence-corrected chi connectivity index (χ4v) is 23.7. The summed E-state index contributed by atoms with van der Waals surface area (Å²) in [5.41, 5.74) is 49.2. The van der Waals surface area contributed by atoms with Crippen LogP contribution in [0.5, 0.6) is 0 Å². The molecule has 5 aliphatic rings. The minimum absolute atomic E-state index is 0.100. The highest BCUT2D eigenvalue weighted by Crippen LogP contribution is 2.49. The minimum Gasteiger partial charge on any atom is -0.397 e. The molecule has 46 heteroatoms. The lowest BCUT2D eigenvalue weighted by Gasteiger charge is -2.20. The minimum atomic E-state index is -1.26. The largest absolute Gasteiger partial charge is 0.397 e. The third-order valence-corrected chi connectivity index (χ3v) is 33.9. The van der Waals surface area contributed by atoms with Gasteiger partial charge in [0.15, 0.2) is 86.2 Å². The number of pyridine rings is 4. The molecule has 38 nitrogen and oxygen atoms in total. The van der Waals surface area contributed by atoms with Crippen LogP contribution in [0.2, 0.25) is 0 Å². The molecule has 5 aliphatic heterocycles. The number of anilines is 7. The molecule has 0 bridgehead atoms. The van der Waals surface area contributed by atoms with E-state index in [1.807, 2.05) is 0 Å². The second-order valence-corrected chi connectivity index (χ2v) is 62.9. The number of aliphatic hydroxyl groups is 10. The molecule has 0 unspecified atom stereocenters. The Morgan fingerprint density at radius 2 is 0.571 bits per heavy atom. The van der Waals surface area contributed by atoms with Gasteiger partial charge in [-0.1, -0.05) is 75.3 Å². The van der Waals surface area contributed by atoms with Crippen molar-refractivity contribution in [2.24, 2.45) is 0 Å². The lowest BCUT2D eigenvalue weighted by Crippen LogP contribution is -2.32. The van der Waals surface area contributed by atoms with Crippen molar-refractivity contribution in [3.63, 3.8) is 0 Å². The van der Waals surface area contributed by atoms with Gasteiger partial charge in [0.05, 0.1) is 53.3 Å². The molecule has 0 saturated carbocycles. The number of rotatable bonds is 32. The van der Waals surface area contributed by atoms with E-state index >= 15 is 0 Å². The van der Waals surface area contributed by atoms with Gasteiger partial charge in [0, 0.05) is 42.0 Å². The van der Waals surface area contributed by atoms with E-state index in [0.717, 1.165) is 86.6 Å². The van der Waals surface area contributed by atoms with Crippen molar-refractivity contribution < 1.29 is 74.7 Å². The first-order valence-corrected chi connectivity index (χ1v) is 63.0. The molecule has 10 aromatic heterocycles. The molecule has 0 radical (unpaired) electrons. The molecule has 5 fully saturated rings. The van der Waals surface area contributed by atoms with Gasteiger partial charge in [-0.3, -0.25) is 22.8 Å². The van der Waals surface area contributed by atoms with Crippen molar-refractivity contribution in [2.75, 3.05) is 155 Å². The van der Waals surface area contributed by atoms with E-state index in [1.165, 1.54) is 9.13 Å². The molecule has 0 aromatic carbocycles. The van der Waals surface area contributed by atoms with Crippen LogP contribution in [-0.4, -0.2) is 366 Å². The van der Waals surface area contributed by atoms with Gasteiger partial charge in [0.2, 0.25) is 11.9 Å². The molecule has 15 rings (SSSR count). The van der Waals surface area contributed by atoms with Crippen LogP contribution >= 0.6 is 69.7 Å². The molecular weight excluding hydrogens is 1860 g/mol. The molecule has 133 heavy (non-hydrogen) atoms. The van der Waals surface area contributed by atoms with Crippen LogP contribution < -0.4 is 40.1 Å². The van der Waals surface area contributed by atoms with Gasteiger partial charge in [-0.05, 0) is 180 Å². The highest BCUT2D eigenvalue weighted by atomic mass is 32.2.